The maximum atomic E-state index is 6.27. The number of benzene rings is 1. The van der Waals surface area contributed by atoms with Crippen molar-refractivity contribution in [2.45, 2.75) is 35.0 Å². The Kier molecular flexibility index (Phi) is 5.00. The van der Waals surface area contributed by atoms with Gasteiger partial charge in [0.25, 0.3) is 0 Å². The van der Waals surface area contributed by atoms with Crippen LogP contribution in [0.4, 0.5) is 0 Å². The van der Waals surface area contributed by atoms with E-state index in [1.54, 1.807) is 17.3 Å². The molecule has 3 nitrogen and oxygen atoms in total. The predicted octanol–water partition coefficient (Wildman–Crippen LogP) is 3.62. The van der Waals surface area contributed by atoms with Crippen LogP contribution in [0.2, 0.25) is 5.02 Å². The van der Waals surface area contributed by atoms with Gasteiger partial charge in [-0.2, -0.15) is 0 Å². The quantitative estimate of drug-likeness (QED) is 0.916. The Morgan fingerprint density at radius 1 is 1.50 bits per heavy atom. The monoisotopic (exact) mass is 299 g/mol. The van der Waals surface area contributed by atoms with E-state index in [1.807, 2.05) is 12.1 Å². The molecule has 0 saturated heterocycles. The van der Waals surface area contributed by atoms with Crippen LogP contribution in [0.1, 0.15) is 18.9 Å². The number of aromatic nitrogens is 2. The van der Waals surface area contributed by atoms with Gasteiger partial charge in [-0.15, -0.1) is 10.2 Å². The highest BCUT2D eigenvalue weighted by atomic mass is 35.5. The third-order valence-electron chi connectivity index (χ3n) is 2.58. The first-order valence-electron chi connectivity index (χ1n) is 5.67. The van der Waals surface area contributed by atoms with Crippen LogP contribution in [0.15, 0.2) is 32.9 Å². The summed E-state index contributed by atoms with van der Waals surface area (Å²) in [5, 5.41) is 8.57. The van der Waals surface area contributed by atoms with E-state index in [4.69, 9.17) is 17.3 Å². The molecule has 1 heterocycles. The van der Waals surface area contributed by atoms with Crippen molar-refractivity contribution < 1.29 is 0 Å². The zero-order chi connectivity index (χ0) is 13.0. The van der Waals surface area contributed by atoms with Crippen molar-refractivity contribution >= 4 is 34.7 Å². The molecule has 0 saturated carbocycles. The Morgan fingerprint density at radius 2 is 2.33 bits per heavy atom. The molecule has 96 valence electrons. The zero-order valence-electron chi connectivity index (χ0n) is 9.97. The molecule has 0 radical (unpaired) electrons. The molecular formula is C12H14ClN3S2. The Hall–Kier alpha value is -0.620. The van der Waals surface area contributed by atoms with Crippen molar-refractivity contribution in [1.82, 2.24) is 10.2 Å². The number of nitrogens with two attached hydrogens (primary N) is 1. The van der Waals surface area contributed by atoms with Crippen molar-refractivity contribution in [3.05, 3.63) is 34.3 Å². The lowest BCUT2D eigenvalue weighted by Gasteiger charge is -2.10. The van der Waals surface area contributed by atoms with Gasteiger partial charge in [-0.3, -0.25) is 0 Å². The SMILES string of the molecule is CCC(N)Cc1ccc(Sc2nncs2)cc1Cl. The summed E-state index contributed by atoms with van der Waals surface area (Å²) in [6.45, 7) is 2.08. The van der Waals surface area contributed by atoms with Crippen LogP contribution in [0.3, 0.4) is 0 Å². The maximum Gasteiger partial charge on any atom is 0.178 e. The van der Waals surface area contributed by atoms with Gasteiger partial charge in [0, 0.05) is 16.0 Å². The fourth-order valence-electron chi connectivity index (χ4n) is 1.49. The Labute approximate surface area is 120 Å². The summed E-state index contributed by atoms with van der Waals surface area (Å²) in [5.74, 6) is 0. The van der Waals surface area contributed by atoms with Gasteiger partial charge >= 0.3 is 0 Å². The minimum absolute atomic E-state index is 0.171. The van der Waals surface area contributed by atoms with Crippen LogP contribution in [0.5, 0.6) is 0 Å². The average Bonchev–Trinajstić information content (AvgIpc) is 2.85. The summed E-state index contributed by atoms with van der Waals surface area (Å²) in [6.07, 6.45) is 1.77. The second-order valence-corrected chi connectivity index (χ2v) is 6.49. The van der Waals surface area contributed by atoms with E-state index in [-0.39, 0.29) is 6.04 Å². The molecule has 1 aromatic carbocycles. The highest BCUT2D eigenvalue weighted by Gasteiger charge is 2.08. The van der Waals surface area contributed by atoms with Crippen LogP contribution in [-0.4, -0.2) is 16.2 Å². The first kappa shape index (κ1) is 13.8. The lowest BCUT2D eigenvalue weighted by molar-refractivity contribution is 0.646. The van der Waals surface area contributed by atoms with Crippen LogP contribution in [0.25, 0.3) is 0 Å². The molecule has 1 atom stereocenters. The van der Waals surface area contributed by atoms with E-state index in [0.717, 1.165) is 32.7 Å². The van der Waals surface area contributed by atoms with E-state index in [1.165, 1.54) is 11.3 Å². The zero-order valence-corrected chi connectivity index (χ0v) is 12.4. The molecule has 0 aliphatic rings. The second-order valence-electron chi connectivity index (χ2n) is 3.93. The van der Waals surface area contributed by atoms with Crippen molar-refractivity contribution in [2.24, 2.45) is 5.73 Å². The number of nitrogens with zero attached hydrogens (tertiary/aromatic N) is 2. The molecular weight excluding hydrogens is 286 g/mol. The third kappa shape index (κ3) is 3.68. The average molecular weight is 300 g/mol. The van der Waals surface area contributed by atoms with Gasteiger partial charge in [0.15, 0.2) is 4.34 Å². The summed E-state index contributed by atoms with van der Waals surface area (Å²) in [4.78, 5) is 1.07. The van der Waals surface area contributed by atoms with Gasteiger partial charge in [0.2, 0.25) is 0 Å². The number of hydrogen-bond donors (Lipinski definition) is 1. The maximum absolute atomic E-state index is 6.27. The molecule has 2 rings (SSSR count). The fourth-order valence-corrected chi connectivity index (χ4v) is 3.31. The van der Waals surface area contributed by atoms with E-state index in [0.29, 0.717) is 0 Å². The molecule has 6 heteroatoms. The van der Waals surface area contributed by atoms with Crippen LogP contribution >= 0.6 is 34.7 Å². The third-order valence-corrected chi connectivity index (χ3v) is 4.70. The van der Waals surface area contributed by atoms with E-state index in [9.17, 15) is 0 Å². The molecule has 0 bridgehead atoms. The molecule has 0 fully saturated rings. The first-order chi connectivity index (χ1) is 8.69. The van der Waals surface area contributed by atoms with Gasteiger partial charge in [-0.1, -0.05) is 47.7 Å². The van der Waals surface area contributed by atoms with E-state index < -0.39 is 0 Å². The summed E-state index contributed by atoms with van der Waals surface area (Å²) < 4.78 is 0.920. The van der Waals surface area contributed by atoms with Gasteiger partial charge in [-0.05, 0) is 30.5 Å². The summed E-state index contributed by atoms with van der Waals surface area (Å²) in [5.41, 5.74) is 8.77. The summed E-state index contributed by atoms with van der Waals surface area (Å²) >= 11 is 9.36. The number of halogens is 1. The standard InChI is InChI=1S/C12H14ClN3S2/c1-2-9(14)5-8-3-4-10(6-11(8)13)18-12-16-15-7-17-12/h3-4,6-7,9H,2,5,14H2,1H3. The minimum atomic E-state index is 0.171. The molecule has 1 unspecified atom stereocenters. The molecule has 2 N–H and O–H groups in total. The normalized spacial score (nSPS) is 12.6. The Morgan fingerprint density at radius 3 is 2.94 bits per heavy atom. The topological polar surface area (TPSA) is 51.8 Å². The fraction of sp³-hybridized carbons (Fsp3) is 0.333. The number of hydrogen-bond acceptors (Lipinski definition) is 5. The molecule has 0 aliphatic heterocycles. The van der Waals surface area contributed by atoms with Crippen molar-refractivity contribution in [3.63, 3.8) is 0 Å². The van der Waals surface area contributed by atoms with E-state index in [2.05, 4.69) is 23.2 Å². The predicted molar refractivity (Wildman–Crippen MR) is 77.5 cm³/mol. The number of rotatable bonds is 5. The van der Waals surface area contributed by atoms with Crippen molar-refractivity contribution in [1.29, 1.82) is 0 Å². The Bertz CT molecular complexity index is 502. The van der Waals surface area contributed by atoms with Gasteiger partial charge in [-0.25, -0.2) is 0 Å². The lowest BCUT2D eigenvalue weighted by Crippen LogP contribution is -2.21. The van der Waals surface area contributed by atoms with Crippen LogP contribution in [0, 0.1) is 0 Å². The molecule has 0 spiro atoms. The molecule has 0 amide bonds. The second kappa shape index (κ2) is 6.52. The lowest BCUT2D eigenvalue weighted by atomic mass is 10.1. The molecule has 0 aliphatic carbocycles. The molecule has 18 heavy (non-hydrogen) atoms. The first-order valence-corrected chi connectivity index (χ1v) is 7.74. The molecule has 1 aromatic heterocycles. The van der Waals surface area contributed by atoms with Crippen molar-refractivity contribution in [3.8, 4) is 0 Å². The summed E-state index contributed by atoms with van der Waals surface area (Å²) in [6, 6.07) is 6.23. The highest BCUT2D eigenvalue weighted by molar-refractivity contribution is 8.01. The largest absolute Gasteiger partial charge is 0.327 e. The minimum Gasteiger partial charge on any atom is -0.327 e. The Balaban J connectivity index is 2.09. The van der Waals surface area contributed by atoms with Gasteiger partial charge < -0.3 is 5.73 Å². The summed E-state index contributed by atoms with van der Waals surface area (Å²) in [7, 11) is 0. The van der Waals surface area contributed by atoms with Crippen LogP contribution in [-0.2, 0) is 6.42 Å². The smallest absolute Gasteiger partial charge is 0.178 e. The van der Waals surface area contributed by atoms with Crippen molar-refractivity contribution in [2.75, 3.05) is 0 Å². The van der Waals surface area contributed by atoms with E-state index >= 15 is 0 Å². The van der Waals surface area contributed by atoms with Gasteiger partial charge in [0.1, 0.15) is 5.51 Å². The van der Waals surface area contributed by atoms with Crippen LogP contribution < -0.4 is 5.73 Å². The van der Waals surface area contributed by atoms with Gasteiger partial charge in [0.05, 0.1) is 0 Å². The highest BCUT2D eigenvalue weighted by Crippen LogP contribution is 2.31. The molecule has 2 aromatic rings.